The van der Waals surface area contributed by atoms with E-state index in [0.29, 0.717) is 12.0 Å². The molecule has 1 atom stereocenters. The molecule has 3 nitrogen and oxygen atoms in total. The molecule has 106 valence electrons. The minimum absolute atomic E-state index is 0.169. The van der Waals surface area contributed by atoms with Crippen LogP contribution in [0.15, 0.2) is 36.7 Å². The molecule has 0 aliphatic heterocycles. The minimum atomic E-state index is -0.844. The van der Waals surface area contributed by atoms with Crippen molar-refractivity contribution in [3.63, 3.8) is 0 Å². The van der Waals surface area contributed by atoms with Gasteiger partial charge in [-0.1, -0.05) is 13.0 Å². The van der Waals surface area contributed by atoms with Gasteiger partial charge in [-0.25, -0.2) is 8.78 Å². The summed E-state index contributed by atoms with van der Waals surface area (Å²) in [4.78, 5) is 4.09. The van der Waals surface area contributed by atoms with Crippen molar-refractivity contribution in [1.29, 1.82) is 0 Å². The largest absolute Gasteiger partial charge is 0.271 e. The molecule has 1 aromatic heterocycles. The summed E-state index contributed by atoms with van der Waals surface area (Å²) in [6.07, 6.45) is 4.80. The van der Waals surface area contributed by atoms with Crippen molar-refractivity contribution < 1.29 is 8.78 Å². The first-order valence-corrected chi connectivity index (χ1v) is 6.48. The standard InChI is InChI=1S/C15H17F2N3/c1-2-11-9-19-6-5-12(11)15(20-18)8-10-3-4-13(16)14(17)7-10/h3-7,9,15,20H,2,8,18H2,1H3. The van der Waals surface area contributed by atoms with Crippen LogP contribution in [0.1, 0.15) is 29.7 Å². The number of hydrogen-bond acceptors (Lipinski definition) is 3. The molecule has 2 aromatic rings. The van der Waals surface area contributed by atoms with Gasteiger partial charge in [0.1, 0.15) is 0 Å². The average Bonchev–Trinajstić information content (AvgIpc) is 2.48. The molecular formula is C15H17F2N3. The highest BCUT2D eigenvalue weighted by Gasteiger charge is 2.15. The van der Waals surface area contributed by atoms with E-state index in [-0.39, 0.29) is 6.04 Å². The van der Waals surface area contributed by atoms with Crippen molar-refractivity contribution in [3.8, 4) is 0 Å². The molecule has 5 heteroatoms. The van der Waals surface area contributed by atoms with Crippen molar-refractivity contribution >= 4 is 0 Å². The first-order chi connectivity index (χ1) is 9.65. The van der Waals surface area contributed by atoms with E-state index in [4.69, 9.17) is 5.84 Å². The summed E-state index contributed by atoms with van der Waals surface area (Å²) in [5, 5.41) is 0. The van der Waals surface area contributed by atoms with E-state index in [9.17, 15) is 8.78 Å². The van der Waals surface area contributed by atoms with Gasteiger partial charge in [-0.3, -0.25) is 16.3 Å². The van der Waals surface area contributed by atoms with E-state index < -0.39 is 11.6 Å². The lowest BCUT2D eigenvalue weighted by Gasteiger charge is -2.19. The summed E-state index contributed by atoms with van der Waals surface area (Å²) in [5.74, 6) is 3.92. The lowest BCUT2D eigenvalue weighted by molar-refractivity contribution is 0.502. The van der Waals surface area contributed by atoms with Gasteiger partial charge in [-0.15, -0.1) is 0 Å². The van der Waals surface area contributed by atoms with Crippen molar-refractivity contribution in [2.24, 2.45) is 5.84 Å². The Morgan fingerprint density at radius 1 is 1.25 bits per heavy atom. The number of aryl methyl sites for hydroxylation is 1. The van der Waals surface area contributed by atoms with Gasteiger partial charge in [0.25, 0.3) is 0 Å². The Kier molecular flexibility index (Phi) is 4.76. The summed E-state index contributed by atoms with van der Waals surface area (Å²) in [7, 11) is 0. The van der Waals surface area contributed by atoms with Crippen LogP contribution in [0.5, 0.6) is 0 Å². The smallest absolute Gasteiger partial charge is 0.159 e. The molecule has 3 N–H and O–H groups in total. The topological polar surface area (TPSA) is 50.9 Å². The molecule has 0 spiro atoms. The van der Waals surface area contributed by atoms with Gasteiger partial charge >= 0.3 is 0 Å². The molecule has 0 fully saturated rings. The lowest BCUT2D eigenvalue weighted by atomic mass is 9.95. The molecule has 0 aliphatic rings. The minimum Gasteiger partial charge on any atom is -0.271 e. The maximum absolute atomic E-state index is 13.2. The van der Waals surface area contributed by atoms with E-state index >= 15 is 0 Å². The van der Waals surface area contributed by atoms with Gasteiger partial charge in [0.15, 0.2) is 11.6 Å². The second kappa shape index (κ2) is 6.54. The van der Waals surface area contributed by atoms with Crippen molar-refractivity contribution in [2.75, 3.05) is 0 Å². The maximum atomic E-state index is 13.2. The Hall–Kier alpha value is -1.85. The van der Waals surface area contributed by atoms with Gasteiger partial charge < -0.3 is 0 Å². The Balaban J connectivity index is 2.26. The predicted octanol–water partition coefficient (Wildman–Crippen LogP) is 2.67. The number of hydrazine groups is 1. The SMILES string of the molecule is CCc1cnccc1C(Cc1ccc(F)c(F)c1)NN. The fraction of sp³-hybridized carbons (Fsp3) is 0.267. The van der Waals surface area contributed by atoms with Gasteiger partial charge in [-0.05, 0) is 47.7 Å². The normalized spacial score (nSPS) is 12.4. The molecular weight excluding hydrogens is 260 g/mol. The highest BCUT2D eigenvalue weighted by atomic mass is 19.2. The van der Waals surface area contributed by atoms with Crippen LogP contribution in [0.25, 0.3) is 0 Å². The summed E-state index contributed by atoms with van der Waals surface area (Å²) < 4.78 is 26.2. The number of benzene rings is 1. The third kappa shape index (κ3) is 3.18. The van der Waals surface area contributed by atoms with Crippen LogP contribution < -0.4 is 11.3 Å². The Bertz CT molecular complexity index is 587. The van der Waals surface area contributed by atoms with Crippen LogP contribution in [0.3, 0.4) is 0 Å². The molecule has 0 amide bonds. The Morgan fingerprint density at radius 3 is 2.70 bits per heavy atom. The van der Waals surface area contributed by atoms with E-state index in [1.54, 1.807) is 18.5 Å². The molecule has 2 rings (SSSR count). The van der Waals surface area contributed by atoms with Gasteiger partial charge in [0, 0.05) is 12.4 Å². The second-order valence-electron chi connectivity index (χ2n) is 4.60. The third-order valence-corrected chi connectivity index (χ3v) is 3.32. The second-order valence-corrected chi connectivity index (χ2v) is 4.60. The number of nitrogens with one attached hydrogen (secondary N) is 1. The summed E-state index contributed by atoms with van der Waals surface area (Å²) >= 11 is 0. The fourth-order valence-corrected chi connectivity index (χ4v) is 2.23. The fourth-order valence-electron chi connectivity index (χ4n) is 2.23. The maximum Gasteiger partial charge on any atom is 0.159 e. The van der Waals surface area contributed by atoms with Gasteiger partial charge in [-0.2, -0.15) is 0 Å². The first-order valence-electron chi connectivity index (χ1n) is 6.48. The summed E-state index contributed by atoms with van der Waals surface area (Å²) in [5.41, 5.74) is 5.52. The van der Waals surface area contributed by atoms with Crippen LogP contribution in [0.4, 0.5) is 8.78 Å². The van der Waals surface area contributed by atoms with Crippen LogP contribution in [-0.4, -0.2) is 4.98 Å². The molecule has 1 unspecified atom stereocenters. The number of aromatic nitrogens is 1. The molecule has 0 saturated carbocycles. The summed E-state index contributed by atoms with van der Waals surface area (Å²) in [6.45, 7) is 2.03. The molecule has 0 aliphatic carbocycles. The van der Waals surface area contributed by atoms with Crippen LogP contribution >= 0.6 is 0 Å². The van der Waals surface area contributed by atoms with Gasteiger partial charge in [0.05, 0.1) is 6.04 Å². The average molecular weight is 277 g/mol. The Labute approximate surface area is 116 Å². The Morgan fingerprint density at radius 2 is 2.05 bits per heavy atom. The number of hydrogen-bond donors (Lipinski definition) is 2. The third-order valence-electron chi connectivity index (χ3n) is 3.32. The van der Waals surface area contributed by atoms with Crippen LogP contribution in [0, 0.1) is 11.6 Å². The van der Waals surface area contributed by atoms with Crippen molar-refractivity contribution in [3.05, 3.63) is 65.0 Å². The molecule has 0 bridgehead atoms. The molecule has 20 heavy (non-hydrogen) atoms. The lowest BCUT2D eigenvalue weighted by Crippen LogP contribution is -2.30. The molecule has 0 saturated heterocycles. The number of nitrogens with zero attached hydrogens (tertiary/aromatic N) is 1. The highest BCUT2D eigenvalue weighted by molar-refractivity contribution is 5.29. The van der Waals surface area contributed by atoms with E-state index in [1.807, 2.05) is 13.0 Å². The number of halogens is 2. The van der Waals surface area contributed by atoms with E-state index in [1.165, 1.54) is 6.07 Å². The monoisotopic (exact) mass is 277 g/mol. The molecule has 0 radical (unpaired) electrons. The van der Waals surface area contributed by atoms with E-state index in [2.05, 4.69) is 10.4 Å². The van der Waals surface area contributed by atoms with E-state index in [0.717, 1.165) is 23.6 Å². The van der Waals surface area contributed by atoms with Crippen molar-refractivity contribution in [1.82, 2.24) is 10.4 Å². The molecule has 1 aromatic carbocycles. The van der Waals surface area contributed by atoms with Crippen LogP contribution in [0.2, 0.25) is 0 Å². The molecule has 1 heterocycles. The highest BCUT2D eigenvalue weighted by Crippen LogP contribution is 2.22. The predicted molar refractivity (Wildman–Crippen MR) is 73.7 cm³/mol. The summed E-state index contributed by atoms with van der Waals surface area (Å²) in [6, 6.07) is 5.62. The quantitative estimate of drug-likeness (QED) is 0.652. The zero-order valence-corrected chi connectivity index (χ0v) is 11.2. The zero-order chi connectivity index (χ0) is 14.5. The number of pyridine rings is 1. The first kappa shape index (κ1) is 14.6. The van der Waals surface area contributed by atoms with Gasteiger partial charge in [0.2, 0.25) is 0 Å². The number of nitrogens with two attached hydrogens (primary N) is 1. The number of rotatable bonds is 5. The zero-order valence-electron chi connectivity index (χ0n) is 11.2. The van der Waals surface area contributed by atoms with Crippen molar-refractivity contribution in [2.45, 2.75) is 25.8 Å². The van der Waals surface area contributed by atoms with Crippen LogP contribution in [-0.2, 0) is 12.8 Å².